The zero-order valence-electron chi connectivity index (χ0n) is 10.1. The number of nitrogens with zero attached hydrogens (tertiary/aromatic N) is 2. The van der Waals surface area contributed by atoms with Gasteiger partial charge in [-0.15, -0.1) is 0 Å². The zero-order chi connectivity index (χ0) is 14.0. The van der Waals surface area contributed by atoms with Gasteiger partial charge in [0, 0.05) is 12.7 Å². The number of carbonyl (C=O) groups excluding carboxylic acids is 1. The average Bonchev–Trinajstić information content (AvgIpc) is 2.73. The summed E-state index contributed by atoms with van der Waals surface area (Å²) in [6.07, 6.45) is -2.99. The Morgan fingerprint density at radius 1 is 1.56 bits per heavy atom. The second-order valence-electron chi connectivity index (χ2n) is 4.16. The number of nitrogens with two attached hydrogens (primary N) is 1. The summed E-state index contributed by atoms with van der Waals surface area (Å²) in [6, 6.07) is 0.890. The van der Waals surface area contributed by atoms with Gasteiger partial charge in [0.05, 0.1) is 5.54 Å². The number of alkyl halides is 3. The van der Waals surface area contributed by atoms with Crippen molar-refractivity contribution in [2.45, 2.75) is 31.6 Å². The third-order valence-corrected chi connectivity index (χ3v) is 2.87. The summed E-state index contributed by atoms with van der Waals surface area (Å²) in [4.78, 5) is 11.2. The standard InChI is InChI=1S/C10H15F3N4O/c1-9(15-2,8(14)18)4-6-17-5-3-7(16-17)10(11,12)13/h3,5,15H,4,6H2,1-2H3,(H2,14,18). The molecule has 1 aromatic rings. The summed E-state index contributed by atoms with van der Waals surface area (Å²) in [7, 11) is 1.56. The number of hydrogen-bond donors (Lipinski definition) is 2. The summed E-state index contributed by atoms with van der Waals surface area (Å²) in [5.41, 5.74) is 3.29. The summed E-state index contributed by atoms with van der Waals surface area (Å²) >= 11 is 0. The van der Waals surface area contributed by atoms with Gasteiger partial charge < -0.3 is 11.1 Å². The van der Waals surface area contributed by atoms with E-state index < -0.39 is 23.3 Å². The molecule has 102 valence electrons. The minimum absolute atomic E-state index is 0.163. The molecule has 1 atom stereocenters. The van der Waals surface area contributed by atoms with Crippen LogP contribution in [0.3, 0.4) is 0 Å². The largest absolute Gasteiger partial charge is 0.435 e. The first-order valence-electron chi connectivity index (χ1n) is 5.28. The molecule has 1 aromatic heterocycles. The highest BCUT2D eigenvalue weighted by Gasteiger charge is 2.34. The van der Waals surface area contributed by atoms with Crippen molar-refractivity contribution in [3.05, 3.63) is 18.0 Å². The third kappa shape index (κ3) is 3.22. The maximum atomic E-state index is 12.3. The SMILES string of the molecule is CNC(C)(CCn1ccc(C(F)(F)F)n1)C(N)=O. The molecule has 0 aliphatic heterocycles. The highest BCUT2D eigenvalue weighted by Crippen LogP contribution is 2.27. The van der Waals surface area contributed by atoms with Crippen molar-refractivity contribution < 1.29 is 18.0 Å². The Hall–Kier alpha value is -1.57. The molecular formula is C10H15F3N4O. The second-order valence-corrected chi connectivity index (χ2v) is 4.16. The van der Waals surface area contributed by atoms with E-state index in [-0.39, 0.29) is 13.0 Å². The highest BCUT2D eigenvalue weighted by molar-refractivity contribution is 5.84. The van der Waals surface area contributed by atoms with Gasteiger partial charge in [-0.05, 0) is 26.5 Å². The van der Waals surface area contributed by atoms with E-state index in [0.717, 1.165) is 10.7 Å². The first-order chi connectivity index (χ1) is 8.19. The minimum atomic E-state index is -4.46. The van der Waals surface area contributed by atoms with Crippen molar-refractivity contribution in [2.24, 2.45) is 5.73 Å². The maximum Gasteiger partial charge on any atom is 0.435 e. The van der Waals surface area contributed by atoms with Crippen LogP contribution < -0.4 is 11.1 Å². The molecule has 0 fully saturated rings. The van der Waals surface area contributed by atoms with Crippen LogP contribution in [0.15, 0.2) is 12.3 Å². The van der Waals surface area contributed by atoms with Crippen molar-refractivity contribution in [1.82, 2.24) is 15.1 Å². The van der Waals surface area contributed by atoms with Gasteiger partial charge in [0.1, 0.15) is 0 Å². The van der Waals surface area contributed by atoms with Gasteiger partial charge in [0.15, 0.2) is 5.69 Å². The molecule has 0 aromatic carbocycles. The lowest BCUT2D eigenvalue weighted by atomic mass is 9.97. The Balaban J connectivity index is 2.70. The van der Waals surface area contributed by atoms with E-state index >= 15 is 0 Å². The Bertz CT molecular complexity index is 429. The summed E-state index contributed by atoms with van der Waals surface area (Å²) in [5, 5.41) is 6.14. The molecule has 1 rings (SSSR count). The third-order valence-electron chi connectivity index (χ3n) is 2.87. The molecule has 1 heterocycles. The number of rotatable bonds is 5. The van der Waals surface area contributed by atoms with Crippen LogP contribution in [0.1, 0.15) is 19.0 Å². The Labute approximate surface area is 102 Å². The van der Waals surface area contributed by atoms with E-state index in [1.54, 1.807) is 14.0 Å². The fourth-order valence-corrected chi connectivity index (χ4v) is 1.35. The number of halogens is 3. The van der Waals surface area contributed by atoms with E-state index in [0.29, 0.717) is 0 Å². The van der Waals surface area contributed by atoms with Crippen LogP contribution in [0.2, 0.25) is 0 Å². The molecule has 0 radical (unpaired) electrons. The monoisotopic (exact) mass is 264 g/mol. The fourth-order valence-electron chi connectivity index (χ4n) is 1.35. The van der Waals surface area contributed by atoms with Crippen molar-refractivity contribution >= 4 is 5.91 Å². The number of primary amides is 1. The Morgan fingerprint density at radius 3 is 2.56 bits per heavy atom. The van der Waals surface area contributed by atoms with Gasteiger partial charge in [-0.1, -0.05) is 0 Å². The minimum Gasteiger partial charge on any atom is -0.368 e. The van der Waals surface area contributed by atoms with Crippen molar-refractivity contribution in [2.75, 3.05) is 7.05 Å². The van der Waals surface area contributed by atoms with Crippen LogP contribution in [0.4, 0.5) is 13.2 Å². The number of likely N-dealkylation sites (N-methyl/N-ethyl adjacent to an activating group) is 1. The predicted octanol–water partition coefficient (Wildman–Crippen LogP) is 0.755. The molecule has 1 amide bonds. The predicted molar refractivity (Wildman–Crippen MR) is 58.5 cm³/mol. The molecule has 8 heteroatoms. The van der Waals surface area contributed by atoms with Gasteiger partial charge in [-0.3, -0.25) is 9.48 Å². The van der Waals surface area contributed by atoms with E-state index in [1.165, 1.54) is 6.20 Å². The smallest absolute Gasteiger partial charge is 0.368 e. The van der Waals surface area contributed by atoms with Gasteiger partial charge in [0.2, 0.25) is 5.91 Å². The lowest BCUT2D eigenvalue weighted by Crippen LogP contribution is -2.52. The zero-order valence-corrected chi connectivity index (χ0v) is 10.1. The van der Waals surface area contributed by atoms with E-state index in [9.17, 15) is 18.0 Å². The lowest BCUT2D eigenvalue weighted by molar-refractivity contribution is -0.141. The van der Waals surface area contributed by atoms with Crippen LogP contribution in [-0.2, 0) is 17.5 Å². The number of nitrogens with one attached hydrogen (secondary N) is 1. The first-order valence-corrected chi connectivity index (χ1v) is 5.28. The van der Waals surface area contributed by atoms with Crippen LogP contribution in [0.25, 0.3) is 0 Å². The maximum absolute atomic E-state index is 12.3. The Kier molecular flexibility index (Phi) is 4.00. The molecule has 1 unspecified atom stereocenters. The summed E-state index contributed by atoms with van der Waals surface area (Å²) < 4.78 is 38.1. The van der Waals surface area contributed by atoms with Crippen LogP contribution in [0.5, 0.6) is 0 Å². The van der Waals surface area contributed by atoms with Gasteiger partial charge in [-0.25, -0.2) is 0 Å². The number of aromatic nitrogens is 2. The molecule has 0 aliphatic carbocycles. The fraction of sp³-hybridized carbons (Fsp3) is 0.600. The molecule has 0 saturated heterocycles. The molecule has 0 saturated carbocycles. The molecule has 5 nitrogen and oxygen atoms in total. The molecule has 0 spiro atoms. The van der Waals surface area contributed by atoms with E-state index in [2.05, 4.69) is 10.4 Å². The van der Waals surface area contributed by atoms with E-state index in [1.807, 2.05) is 0 Å². The number of carbonyl (C=O) groups is 1. The summed E-state index contributed by atoms with van der Waals surface area (Å²) in [5.74, 6) is -0.562. The topological polar surface area (TPSA) is 72.9 Å². The number of amides is 1. The highest BCUT2D eigenvalue weighted by atomic mass is 19.4. The van der Waals surface area contributed by atoms with Gasteiger partial charge in [-0.2, -0.15) is 18.3 Å². The number of hydrogen-bond acceptors (Lipinski definition) is 3. The van der Waals surface area contributed by atoms with Gasteiger partial charge >= 0.3 is 6.18 Å². The molecule has 3 N–H and O–H groups in total. The van der Waals surface area contributed by atoms with Crippen LogP contribution in [-0.4, -0.2) is 28.3 Å². The first kappa shape index (κ1) is 14.5. The molecular weight excluding hydrogens is 249 g/mol. The molecule has 0 bridgehead atoms. The van der Waals surface area contributed by atoms with E-state index in [4.69, 9.17) is 5.73 Å². The van der Waals surface area contributed by atoms with Crippen LogP contribution in [0, 0.1) is 0 Å². The average molecular weight is 264 g/mol. The van der Waals surface area contributed by atoms with Crippen molar-refractivity contribution in [3.63, 3.8) is 0 Å². The van der Waals surface area contributed by atoms with Gasteiger partial charge in [0.25, 0.3) is 0 Å². The van der Waals surface area contributed by atoms with Crippen molar-refractivity contribution in [1.29, 1.82) is 0 Å². The lowest BCUT2D eigenvalue weighted by Gasteiger charge is -2.25. The molecule has 0 aliphatic rings. The summed E-state index contributed by atoms with van der Waals surface area (Å²) in [6.45, 7) is 1.75. The second kappa shape index (κ2) is 4.97. The van der Waals surface area contributed by atoms with Crippen molar-refractivity contribution in [3.8, 4) is 0 Å². The number of aryl methyl sites for hydroxylation is 1. The normalized spacial score (nSPS) is 15.4. The molecule has 18 heavy (non-hydrogen) atoms. The van der Waals surface area contributed by atoms with Crippen LogP contribution >= 0.6 is 0 Å². The Morgan fingerprint density at radius 2 is 2.17 bits per heavy atom. The quantitative estimate of drug-likeness (QED) is 0.824.